The van der Waals surface area contributed by atoms with Crippen molar-refractivity contribution in [1.82, 2.24) is 5.32 Å². The fraction of sp³-hybridized carbons (Fsp3) is 0.562. The van der Waals surface area contributed by atoms with Crippen LogP contribution in [-0.4, -0.2) is 25.7 Å². The minimum atomic E-state index is 0.0820. The molecule has 0 radical (unpaired) electrons. The predicted molar refractivity (Wildman–Crippen MR) is 80.7 cm³/mol. The van der Waals surface area contributed by atoms with Crippen LogP contribution in [0.4, 0.5) is 5.69 Å². The summed E-state index contributed by atoms with van der Waals surface area (Å²) in [5.74, 6) is 0.195. The summed E-state index contributed by atoms with van der Waals surface area (Å²) in [6, 6.07) is 8.35. The van der Waals surface area contributed by atoms with Crippen LogP contribution in [0.5, 0.6) is 0 Å². The molecule has 1 aliphatic heterocycles. The van der Waals surface area contributed by atoms with Crippen molar-refractivity contribution in [3.8, 4) is 0 Å². The average molecular weight is 276 g/mol. The van der Waals surface area contributed by atoms with Gasteiger partial charge in [0.05, 0.1) is 0 Å². The van der Waals surface area contributed by atoms with Crippen LogP contribution in [0.1, 0.15) is 38.3 Å². The summed E-state index contributed by atoms with van der Waals surface area (Å²) in [4.78, 5) is 12.2. The number of hydrogen-bond acceptors (Lipinski definition) is 3. The second-order valence-electron chi connectivity index (χ2n) is 5.28. The molecule has 0 saturated carbocycles. The number of nitrogens with one attached hydrogen (secondary N) is 2. The number of hydrogen-bond donors (Lipinski definition) is 2. The van der Waals surface area contributed by atoms with Crippen molar-refractivity contribution in [1.29, 1.82) is 0 Å². The van der Waals surface area contributed by atoms with Crippen LogP contribution >= 0.6 is 0 Å². The highest BCUT2D eigenvalue weighted by Gasteiger charge is 2.21. The predicted octanol–water partition coefficient (Wildman–Crippen LogP) is 2.72. The second-order valence-corrected chi connectivity index (χ2v) is 5.28. The van der Waals surface area contributed by atoms with E-state index in [1.165, 1.54) is 5.56 Å². The first-order valence-electron chi connectivity index (χ1n) is 7.42. The molecule has 0 spiro atoms. The van der Waals surface area contributed by atoms with Crippen LogP contribution in [0.25, 0.3) is 0 Å². The molecule has 1 amide bonds. The van der Waals surface area contributed by atoms with Crippen molar-refractivity contribution < 1.29 is 9.53 Å². The van der Waals surface area contributed by atoms with Crippen LogP contribution in [0.2, 0.25) is 0 Å². The van der Waals surface area contributed by atoms with Crippen LogP contribution < -0.4 is 10.6 Å². The molecular formula is C16H24N2O2. The summed E-state index contributed by atoms with van der Waals surface area (Å²) < 4.78 is 5.29. The van der Waals surface area contributed by atoms with E-state index in [0.29, 0.717) is 19.3 Å². The zero-order valence-corrected chi connectivity index (χ0v) is 12.3. The Kier molecular flexibility index (Phi) is 5.56. The van der Waals surface area contributed by atoms with Crippen molar-refractivity contribution in [2.75, 3.05) is 25.1 Å². The quantitative estimate of drug-likeness (QED) is 0.869. The maximum absolute atomic E-state index is 12.2. The first-order chi connectivity index (χ1) is 9.70. The monoisotopic (exact) mass is 276 g/mol. The first-order valence-corrected chi connectivity index (χ1v) is 7.42. The number of benzene rings is 1. The number of carbonyl (C=O) groups is 1. The highest BCUT2D eigenvalue weighted by Crippen LogP contribution is 2.20. The van der Waals surface area contributed by atoms with Crippen molar-refractivity contribution in [3.05, 3.63) is 29.8 Å². The molecule has 2 N–H and O–H groups in total. The van der Waals surface area contributed by atoms with Gasteiger partial charge in [0.1, 0.15) is 0 Å². The molecule has 1 unspecified atom stereocenters. The van der Waals surface area contributed by atoms with E-state index >= 15 is 0 Å². The van der Waals surface area contributed by atoms with Gasteiger partial charge in [0.15, 0.2) is 0 Å². The van der Waals surface area contributed by atoms with E-state index in [1.54, 1.807) is 0 Å². The molecule has 1 saturated heterocycles. The lowest BCUT2D eigenvalue weighted by Gasteiger charge is -2.21. The van der Waals surface area contributed by atoms with Gasteiger partial charge >= 0.3 is 0 Å². The molecule has 1 atom stereocenters. The molecule has 2 rings (SSSR count). The Balaban J connectivity index is 1.98. The van der Waals surface area contributed by atoms with Gasteiger partial charge in [0.25, 0.3) is 0 Å². The molecule has 20 heavy (non-hydrogen) atoms. The van der Waals surface area contributed by atoms with E-state index in [9.17, 15) is 4.79 Å². The fourth-order valence-corrected chi connectivity index (χ4v) is 2.51. The van der Waals surface area contributed by atoms with Crippen LogP contribution in [0, 0.1) is 5.92 Å². The minimum absolute atomic E-state index is 0.0820. The first kappa shape index (κ1) is 15.0. The Morgan fingerprint density at radius 2 is 2.15 bits per heavy atom. The summed E-state index contributed by atoms with van der Waals surface area (Å²) in [6.45, 7) is 6.53. The average Bonchev–Trinajstić information content (AvgIpc) is 2.48. The molecule has 0 bridgehead atoms. The number of anilines is 1. The zero-order chi connectivity index (χ0) is 14.4. The highest BCUT2D eigenvalue weighted by molar-refractivity contribution is 5.92. The van der Waals surface area contributed by atoms with Gasteiger partial charge in [-0.2, -0.15) is 0 Å². The lowest BCUT2D eigenvalue weighted by Crippen LogP contribution is -2.28. The van der Waals surface area contributed by atoms with Crippen molar-refractivity contribution in [2.24, 2.45) is 5.92 Å². The lowest BCUT2D eigenvalue weighted by molar-refractivity contribution is -0.122. The van der Waals surface area contributed by atoms with E-state index in [1.807, 2.05) is 18.2 Å². The fourth-order valence-electron chi connectivity index (χ4n) is 2.51. The van der Waals surface area contributed by atoms with Crippen LogP contribution in [-0.2, 0) is 9.53 Å². The Bertz CT molecular complexity index is 442. The number of rotatable bonds is 5. The summed E-state index contributed by atoms with van der Waals surface area (Å²) in [5.41, 5.74) is 2.07. The second kappa shape index (κ2) is 7.41. The molecule has 1 fully saturated rings. The van der Waals surface area contributed by atoms with Crippen molar-refractivity contribution in [3.63, 3.8) is 0 Å². The molecular weight excluding hydrogens is 252 g/mol. The van der Waals surface area contributed by atoms with Crippen molar-refractivity contribution in [2.45, 2.75) is 32.7 Å². The smallest absolute Gasteiger partial charge is 0.227 e. The summed E-state index contributed by atoms with van der Waals surface area (Å²) in [7, 11) is 0. The molecule has 4 nitrogen and oxygen atoms in total. The van der Waals surface area contributed by atoms with Gasteiger partial charge in [-0.05, 0) is 44.0 Å². The maximum Gasteiger partial charge on any atom is 0.227 e. The van der Waals surface area contributed by atoms with Crippen LogP contribution in [0.3, 0.4) is 0 Å². The molecule has 1 aromatic rings. The molecule has 110 valence electrons. The Morgan fingerprint density at radius 1 is 1.40 bits per heavy atom. The van der Waals surface area contributed by atoms with E-state index in [-0.39, 0.29) is 11.8 Å². The minimum Gasteiger partial charge on any atom is -0.381 e. The topological polar surface area (TPSA) is 50.4 Å². The third-order valence-electron chi connectivity index (χ3n) is 3.76. The molecule has 1 aliphatic rings. The summed E-state index contributed by atoms with van der Waals surface area (Å²) in [5, 5.41) is 6.40. The normalized spacial score (nSPS) is 17.7. The Labute approximate surface area is 120 Å². The molecule has 0 aliphatic carbocycles. The molecule has 4 heteroatoms. The molecule has 1 heterocycles. The van der Waals surface area contributed by atoms with Gasteiger partial charge in [0, 0.05) is 30.9 Å². The largest absolute Gasteiger partial charge is 0.381 e. The lowest BCUT2D eigenvalue weighted by atomic mass is 9.99. The van der Waals surface area contributed by atoms with E-state index in [2.05, 4.69) is 30.5 Å². The number of carbonyl (C=O) groups excluding carboxylic acids is 1. The number of ether oxygens (including phenoxy) is 1. The van der Waals surface area contributed by atoms with Gasteiger partial charge in [-0.15, -0.1) is 0 Å². The van der Waals surface area contributed by atoms with E-state index < -0.39 is 0 Å². The van der Waals surface area contributed by atoms with Gasteiger partial charge in [0.2, 0.25) is 5.91 Å². The molecule has 1 aromatic carbocycles. The SMILES string of the molecule is CCNC(C)c1cccc(NC(=O)C2CCOCC2)c1. The summed E-state index contributed by atoms with van der Waals surface area (Å²) >= 11 is 0. The van der Waals surface area contributed by atoms with Crippen LogP contribution in [0.15, 0.2) is 24.3 Å². The van der Waals surface area contributed by atoms with Gasteiger partial charge in [-0.3, -0.25) is 4.79 Å². The Hall–Kier alpha value is -1.39. The summed E-state index contributed by atoms with van der Waals surface area (Å²) in [6.07, 6.45) is 1.64. The van der Waals surface area contributed by atoms with Gasteiger partial charge in [-0.1, -0.05) is 19.1 Å². The van der Waals surface area contributed by atoms with Gasteiger partial charge < -0.3 is 15.4 Å². The van der Waals surface area contributed by atoms with Gasteiger partial charge in [-0.25, -0.2) is 0 Å². The van der Waals surface area contributed by atoms with E-state index in [4.69, 9.17) is 4.74 Å². The zero-order valence-electron chi connectivity index (χ0n) is 12.3. The van der Waals surface area contributed by atoms with E-state index in [0.717, 1.165) is 25.1 Å². The molecule has 0 aromatic heterocycles. The maximum atomic E-state index is 12.2. The van der Waals surface area contributed by atoms with Crippen molar-refractivity contribution >= 4 is 11.6 Å². The third-order valence-corrected chi connectivity index (χ3v) is 3.76. The standard InChI is InChI=1S/C16H24N2O2/c1-3-17-12(2)14-5-4-6-15(11-14)18-16(19)13-7-9-20-10-8-13/h4-6,11-13,17H,3,7-10H2,1-2H3,(H,18,19). The Morgan fingerprint density at radius 3 is 2.85 bits per heavy atom. The number of amides is 1. The third kappa shape index (κ3) is 4.05. The highest BCUT2D eigenvalue weighted by atomic mass is 16.5.